The van der Waals surface area contributed by atoms with Gasteiger partial charge in [0.05, 0.1) is 5.71 Å². The highest BCUT2D eigenvalue weighted by molar-refractivity contribution is 5.93. The van der Waals surface area contributed by atoms with Gasteiger partial charge >= 0.3 is 0 Å². The molecule has 2 heteroatoms. The van der Waals surface area contributed by atoms with Gasteiger partial charge in [0.25, 0.3) is 0 Å². The summed E-state index contributed by atoms with van der Waals surface area (Å²) in [6.45, 7) is 11.4. The highest BCUT2D eigenvalue weighted by Crippen LogP contribution is 2.42. The molecule has 2 rings (SSSR count). The molecule has 2 nitrogen and oxygen atoms in total. The molecule has 24 heavy (non-hydrogen) atoms. The number of hydrazone groups is 1. The first-order chi connectivity index (χ1) is 11.2. The van der Waals surface area contributed by atoms with Gasteiger partial charge in [-0.3, -0.25) is 0 Å². The Morgan fingerprint density at radius 1 is 1.17 bits per heavy atom. The lowest BCUT2D eigenvalue weighted by Crippen LogP contribution is -2.19. The van der Waals surface area contributed by atoms with E-state index in [1.165, 1.54) is 36.0 Å². The molecule has 0 N–H and O–H groups in total. The lowest BCUT2D eigenvalue weighted by atomic mass is 9.71. The number of allylic oxidation sites excluding steroid dienone is 8. The largest absolute Gasteiger partial charge is 0.303 e. The molecule has 0 unspecified atom stereocenters. The molecule has 0 saturated carbocycles. The third-order valence-corrected chi connectivity index (χ3v) is 5.20. The van der Waals surface area contributed by atoms with Crippen LogP contribution in [0, 0.1) is 5.41 Å². The van der Waals surface area contributed by atoms with Gasteiger partial charge < -0.3 is 5.01 Å². The zero-order valence-corrected chi connectivity index (χ0v) is 16.7. The van der Waals surface area contributed by atoms with E-state index in [-0.39, 0.29) is 0 Å². The van der Waals surface area contributed by atoms with E-state index in [0.29, 0.717) is 5.41 Å². The molecule has 0 radical (unpaired) electrons. The Labute approximate surface area is 148 Å². The first-order valence-electron chi connectivity index (χ1n) is 9.21. The number of nitrogens with zero attached hydrogens (tertiary/aromatic N) is 2. The van der Waals surface area contributed by atoms with Crippen molar-refractivity contribution in [2.75, 3.05) is 14.1 Å². The van der Waals surface area contributed by atoms with Crippen molar-refractivity contribution in [3.8, 4) is 0 Å². The molecule has 0 saturated heterocycles. The van der Waals surface area contributed by atoms with Crippen LogP contribution in [0.4, 0.5) is 0 Å². The smallest absolute Gasteiger partial charge is 0.0577 e. The maximum absolute atomic E-state index is 4.46. The molecule has 0 spiro atoms. The maximum Gasteiger partial charge on any atom is 0.0577 e. The van der Waals surface area contributed by atoms with Gasteiger partial charge in [0.15, 0.2) is 0 Å². The van der Waals surface area contributed by atoms with E-state index >= 15 is 0 Å². The van der Waals surface area contributed by atoms with Gasteiger partial charge in [-0.2, -0.15) is 5.10 Å². The van der Waals surface area contributed by atoms with Gasteiger partial charge in [0.2, 0.25) is 0 Å². The monoisotopic (exact) mass is 326 g/mol. The van der Waals surface area contributed by atoms with Crippen LogP contribution in [0.25, 0.3) is 0 Å². The third-order valence-electron chi connectivity index (χ3n) is 5.20. The van der Waals surface area contributed by atoms with Crippen molar-refractivity contribution >= 4 is 5.71 Å². The summed E-state index contributed by atoms with van der Waals surface area (Å²) in [4.78, 5) is 0. The minimum Gasteiger partial charge on any atom is -0.303 e. The molecular weight excluding hydrogens is 292 g/mol. The van der Waals surface area contributed by atoms with E-state index in [4.69, 9.17) is 0 Å². The highest BCUT2D eigenvalue weighted by Gasteiger charge is 2.27. The summed E-state index contributed by atoms with van der Waals surface area (Å²) in [7, 11) is 3.93. The molecule has 2 aliphatic carbocycles. The van der Waals surface area contributed by atoms with Gasteiger partial charge in [-0.15, -0.1) is 0 Å². The highest BCUT2D eigenvalue weighted by atomic mass is 15.4. The van der Waals surface area contributed by atoms with Crippen LogP contribution >= 0.6 is 0 Å². The van der Waals surface area contributed by atoms with Crippen LogP contribution in [-0.2, 0) is 0 Å². The first kappa shape index (κ1) is 18.8. The van der Waals surface area contributed by atoms with Gasteiger partial charge in [0.1, 0.15) is 0 Å². The van der Waals surface area contributed by atoms with Gasteiger partial charge in [-0.25, -0.2) is 0 Å². The Morgan fingerprint density at radius 3 is 2.46 bits per heavy atom. The second kappa shape index (κ2) is 7.55. The Bertz CT molecular complexity index is 637. The summed E-state index contributed by atoms with van der Waals surface area (Å²) < 4.78 is 0. The van der Waals surface area contributed by atoms with E-state index in [1.807, 2.05) is 19.1 Å². The lowest BCUT2D eigenvalue weighted by Gasteiger charge is -2.34. The van der Waals surface area contributed by atoms with Crippen molar-refractivity contribution in [2.24, 2.45) is 10.5 Å². The van der Waals surface area contributed by atoms with Crippen LogP contribution in [-0.4, -0.2) is 24.8 Å². The molecule has 0 aromatic carbocycles. The minimum absolute atomic E-state index is 0.320. The van der Waals surface area contributed by atoms with Gasteiger partial charge in [-0.05, 0) is 86.7 Å². The fraction of sp³-hybridized carbons (Fsp3) is 0.591. The van der Waals surface area contributed by atoms with Gasteiger partial charge in [0, 0.05) is 14.1 Å². The van der Waals surface area contributed by atoms with Crippen molar-refractivity contribution in [1.29, 1.82) is 0 Å². The molecule has 0 aromatic rings. The molecule has 0 fully saturated rings. The normalized spacial score (nSPS) is 25.3. The summed E-state index contributed by atoms with van der Waals surface area (Å²) in [6.07, 6.45) is 13.2. The Hall–Kier alpha value is -1.57. The van der Waals surface area contributed by atoms with E-state index in [1.54, 1.807) is 11.1 Å². The molecule has 0 amide bonds. The van der Waals surface area contributed by atoms with E-state index in [0.717, 1.165) is 18.6 Å². The van der Waals surface area contributed by atoms with Crippen LogP contribution in [0.3, 0.4) is 0 Å². The molecular formula is C22H34N2. The summed E-state index contributed by atoms with van der Waals surface area (Å²) in [5.74, 6) is 0. The third kappa shape index (κ3) is 4.72. The average Bonchev–Trinajstić information content (AvgIpc) is 2.43. The van der Waals surface area contributed by atoms with E-state index in [2.05, 4.69) is 57.9 Å². The van der Waals surface area contributed by atoms with E-state index in [9.17, 15) is 0 Å². The molecule has 0 aromatic heterocycles. The molecule has 0 atom stereocenters. The number of hydrogen-bond donors (Lipinski definition) is 0. The van der Waals surface area contributed by atoms with Crippen molar-refractivity contribution in [3.05, 3.63) is 46.1 Å². The standard InChI is InChI=1S/C22H34N2/c1-16-9-8-12-22(4,5)21(16)15-20-11-10-19(13-17(20)2)14-18(3)23-24(6)7/h13-15H,8-12H2,1-7H3/b19-14-,20-15+,23-18+. The van der Waals surface area contributed by atoms with Crippen LogP contribution in [0.1, 0.15) is 66.7 Å². The fourth-order valence-corrected chi connectivity index (χ4v) is 3.97. The fourth-order valence-electron chi connectivity index (χ4n) is 3.97. The number of hydrogen-bond acceptors (Lipinski definition) is 2. The molecule has 0 heterocycles. The minimum atomic E-state index is 0.320. The molecule has 2 aliphatic rings. The Morgan fingerprint density at radius 2 is 1.88 bits per heavy atom. The van der Waals surface area contributed by atoms with Crippen molar-refractivity contribution < 1.29 is 0 Å². The summed E-state index contributed by atoms with van der Waals surface area (Å²) in [5.41, 5.74) is 8.86. The summed E-state index contributed by atoms with van der Waals surface area (Å²) in [6, 6.07) is 0. The van der Waals surface area contributed by atoms with Crippen LogP contribution in [0.15, 0.2) is 51.2 Å². The molecule has 0 aliphatic heterocycles. The topological polar surface area (TPSA) is 15.6 Å². The van der Waals surface area contributed by atoms with Crippen LogP contribution < -0.4 is 0 Å². The zero-order valence-electron chi connectivity index (χ0n) is 16.7. The average molecular weight is 327 g/mol. The molecule has 0 bridgehead atoms. The SMILES string of the molecule is CC1=CC(=C\C(C)=N\N(C)C)/CC/C1=C\C1=C(C)CCCC1(C)C. The van der Waals surface area contributed by atoms with Gasteiger partial charge in [-0.1, -0.05) is 31.6 Å². The van der Waals surface area contributed by atoms with Crippen molar-refractivity contribution in [1.82, 2.24) is 5.01 Å². The zero-order chi connectivity index (χ0) is 17.9. The maximum atomic E-state index is 4.46. The van der Waals surface area contributed by atoms with Crippen LogP contribution in [0.5, 0.6) is 0 Å². The summed E-state index contributed by atoms with van der Waals surface area (Å²) in [5, 5.41) is 6.32. The molecule has 132 valence electrons. The lowest BCUT2D eigenvalue weighted by molar-refractivity contribution is 0.376. The second-order valence-electron chi connectivity index (χ2n) is 8.24. The Kier molecular flexibility index (Phi) is 5.90. The number of rotatable bonds is 3. The summed E-state index contributed by atoms with van der Waals surface area (Å²) >= 11 is 0. The van der Waals surface area contributed by atoms with Crippen LogP contribution in [0.2, 0.25) is 0 Å². The predicted octanol–water partition coefficient (Wildman–Crippen LogP) is 6.04. The Balaban J connectivity index is 2.27. The first-order valence-corrected chi connectivity index (χ1v) is 9.21. The van der Waals surface area contributed by atoms with Crippen molar-refractivity contribution in [2.45, 2.75) is 66.7 Å². The van der Waals surface area contributed by atoms with Crippen molar-refractivity contribution in [3.63, 3.8) is 0 Å². The second-order valence-corrected chi connectivity index (χ2v) is 8.24. The van der Waals surface area contributed by atoms with E-state index < -0.39 is 0 Å². The quantitative estimate of drug-likeness (QED) is 0.456. The predicted molar refractivity (Wildman–Crippen MR) is 106 cm³/mol.